The first kappa shape index (κ1) is 13.9. The van der Waals surface area contributed by atoms with Crippen LogP contribution < -0.4 is 5.32 Å². The molecule has 0 amide bonds. The van der Waals surface area contributed by atoms with E-state index in [4.69, 9.17) is 5.11 Å². The van der Waals surface area contributed by atoms with E-state index >= 15 is 0 Å². The molecule has 3 aromatic rings. The molecule has 2 N–H and O–H groups in total. The Bertz CT molecular complexity index is 704. The molecule has 0 aliphatic carbocycles. The Kier molecular flexibility index (Phi) is 4.34. The number of hydrogen-bond acceptors (Lipinski definition) is 2. The van der Waals surface area contributed by atoms with Gasteiger partial charge >= 0.3 is 0 Å². The molecular formula is C18H20N2O. The van der Waals surface area contributed by atoms with Crippen LogP contribution in [0.3, 0.4) is 0 Å². The second kappa shape index (κ2) is 6.57. The topological polar surface area (TPSA) is 37.2 Å². The quantitative estimate of drug-likeness (QED) is 0.681. The van der Waals surface area contributed by atoms with Gasteiger partial charge in [-0.15, -0.1) is 0 Å². The van der Waals surface area contributed by atoms with Crippen molar-refractivity contribution in [3.63, 3.8) is 0 Å². The van der Waals surface area contributed by atoms with Gasteiger partial charge in [0.05, 0.1) is 6.61 Å². The SMILES string of the molecule is OCCNCc1ccc2c(ccn2Cc2ccccc2)c1. The zero-order chi connectivity index (χ0) is 14.5. The van der Waals surface area contributed by atoms with Gasteiger partial charge < -0.3 is 15.0 Å². The highest BCUT2D eigenvalue weighted by Gasteiger charge is 2.03. The summed E-state index contributed by atoms with van der Waals surface area (Å²) in [7, 11) is 0. The number of fused-ring (bicyclic) bond motifs is 1. The number of benzene rings is 2. The van der Waals surface area contributed by atoms with E-state index in [1.165, 1.54) is 22.0 Å². The van der Waals surface area contributed by atoms with Crippen LogP contribution in [0.4, 0.5) is 0 Å². The van der Waals surface area contributed by atoms with Gasteiger partial charge in [0.1, 0.15) is 0 Å². The summed E-state index contributed by atoms with van der Waals surface area (Å²) in [5, 5.41) is 13.3. The largest absolute Gasteiger partial charge is 0.395 e. The molecule has 0 radical (unpaired) electrons. The maximum absolute atomic E-state index is 8.79. The lowest BCUT2D eigenvalue weighted by Crippen LogP contribution is -2.17. The van der Waals surface area contributed by atoms with Gasteiger partial charge in [0.25, 0.3) is 0 Å². The minimum atomic E-state index is 0.176. The zero-order valence-electron chi connectivity index (χ0n) is 12.0. The molecule has 21 heavy (non-hydrogen) atoms. The third kappa shape index (κ3) is 3.32. The number of rotatable bonds is 6. The van der Waals surface area contributed by atoms with Gasteiger partial charge in [-0.25, -0.2) is 0 Å². The fourth-order valence-electron chi connectivity index (χ4n) is 2.59. The number of hydrogen-bond donors (Lipinski definition) is 2. The molecule has 0 unspecified atom stereocenters. The van der Waals surface area contributed by atoms with Crippen molar-refractivity contribution in [1.29, 1.82) is 0 Å². The predicted octanol–water partition coefficient (Wildman–Crippen LogP) is 2.77. The summed E-state index contributed by atoms with van der Waals surface area (Å²) in [6, 6.07) is 19.2. The van der Waals surface area contributed by atoms with E-state index in [1.54, 1.807) is 0 Å². The lowest BCUT2D eigenvalue weighted by molar-refractivity contribution is 0.292. The second-order valence-corrected chi connectivity index (χ2v) is 5.22. The Hall–Kier alpha value is -2.10. The summed E-state index contributed by atoms with van der Waals surface area (Å²) < 4.78 is 2.27. The average Bonchev–Trinajstić information content (AvgIpc) is 2.91. The first-order valence-electron chi connectivity index (χ1n) is 7.30. The van der Waals surface area contributed by atoms with E-state index < -0.39 is 0 Å². The van der Waals surface area contributed by atoms with Gasteiger partial charge in [-0.2, -0.15) is 0 Å². The molecule has 108 valence electrons. The smallest absolute Gasteiger partial charge is 0.0556 e. The van der Waals surface area contributed by atoms with Gasteiger partial charge in [-0.05, 0) is 34.7 Å². The molecule has 0 aliphatic rings. The van der Waals surface area contributed by atoms with E-state index in [-0.39, 0.29) is 6.61 Å². The van der Waals surface area contributed by atoms with Crippen LogP contribution in [-0.2, 0) is 13.1 Å². The summed E-state index contributed by atoms with van der Waals surface area (Å²) in [6.45, 7) is 2.50. The third-order valence-corrected chi connectivity index (χ3v) is 3.65. The Morgan fingerprint density at radius 3 is 2.62 bits per heavy atom. The van der Waals surface area contributed by atoms with Crippen LogP contribution in [0.2, 0.25) is 0 Å². The molecule has 0 bridgehead atoms. The molecule has 0 spiro atoms. The molecule has 1 heterocycles. The van der Waals surface area contributed by atoms with Crippen LogP contribution in [0, 0.1) is 0 Å². The summed E-state index contributed by atoms with van der Waals surface area (Å²) in [4.78, 5) is 0. The molecule has 0 saturated carbocycles. The van der Waals surface area contributed by atoms with Crippen molar-refractivity contribution in [2.75, 3.05) is 13.2 Å². The molecule has 2 aromatic carbocycles. The zero-order valence-corrected chi connectivity index (χ0v) is 12.0. The predicted molar refractivity (Wildman–Crippen MR) is 86.3 cm³/mol. The van der Waals surface area contributed by atoms with Crippen molar-refractivity contribution in [2.45, 2.75) is 13.1 Å². The van der Waals surface area contributed by atoms with Crippen molar-refractivity contribution >= 4 is 10.9 Å². The summed E-state index contributed by atoms with van der Waals surface area (Å²) in [5.41, 5.74) is 3.81. The van der Waals surface area contributed by atoms with E-state index in [2.05, 4.69) is 64.6 Å². The lowest BCUT2D eigenvalue weighted by atomic mass is 10.1. The first-order chi connectivity index (χ1) is 10.4. The monoisotopic (exact) mass is 280 g/mol. The molecule has 0 atom stereocenters. The minimum absolute atomic E-state index is 0.176. The lowest BCUT2D eigenvalue weighted by Gasteiger charge is -2.07. The van der Waals surface area contributed by atoms with Gasteiger partial charge in [-0.3, -0.25) is 0 Å². The molecule has 3 rings (SSSR count). The van der Waals surface area contributed by atoms with Crippen LogP contribution in [-0.4, -0.2) is 22.8 Å². The van der Waals surface area contributed by atoms with Gasteiger partial charge in [0.15, 0.2) is 0 Å². The summed E-state index contributed by atoms with van der Waals surface area (Å²) in [5.74, 6) is 0. The third-order valence-electron chi connectivity index (χ3n) is 3.65. The van der Waals surface area contributed by atoms with E-state index in [9.17, 15) is 0 Å². The number of nitrogens with zero attached hydrogens (tertiary/aromatic N) is 1. The van der Waals surface area contributed by atoms with Gasteiger partial charge in [0.2, 0.25) is 0 Å². The standard InChI is InChI=1S/C18H20N2O/c21-11-9-19-13-16-6-7-18-17(12-16)8-10-20(18)14-15-4-2-1-3-5-15/h1-8,10,12,19,21H,9,11,13-14H2. The first-order valence-corrected chi connectivity index (χ1v) is 7.30. The van der Waals surface area contributed by atoms with Crippen LogP contribution in [0.15, 0.2) is 60.8 Å². The van der Waals surface area contributed by atoms with Crippen molar-refractivity contribution in [3.8, 4) is 0 Å². The molecule has 0 aliphatic heterocycles. The van der Waals surface area contributed by atoms with Crippen LogP contribution in [0.25, 0.3) is 10.9 Å². The van der Waals surface area contributed by atoms with Crippen molar-refractivity contribution < 1.29 is 5.11 Å². The Labute approximate surface area is 124 Å². The van der Waals surface area contributed by atoms with E-state index in [0.29, 0.717) is 6.54 Å². The van der Waals surface area contributed by atoms with Crippen molar-refractivity contribution in [1.82, 2.24) is 9.88 Å². The van der Waals surface area contributed by atoms with E-state index in [1.807, 2.05) is 6.07 Å². The summed E-state index contributed by atoms with van der Waals surface area (Å²) in [6.07, 6.45) is 2.14. The highest BCUT2D eigenvalue weighted by molar-refractivity contribution is 5.81. The van der Waals surface area contributed by atoms with Gasteiger partial charge in [-0.1, -0.05) is 36.4 Å². The maximum atomic E-state index is 8.79. The molecule has 1 aromatic heterocycles. The maximum Gasteiger partial charge on any atom is 0.0556 e. The number of aromatic nitrogens is 1. The van der Waals surface area contributed by atoms with Crippen LogP contribution in [0.1, 0.15) is 11.1 Å². The molecule has 0 saturated heterocycles. The van der Waals surface area contributed by atoms with Crippen LogP contribution in [0.5, 0.6) is 0 Å². The molecule has 3 heteroatoms. The highest BCUT2D eigenvalue weighted by Crippen LogP contribution is 2.19. The van der Waals surface area contributed by atoms with Crippen molar-refractivity contribution in [2.24, 2.45) is 0 Å². The average molecular weight is 280 g/mol. The number of nitrogens with one attached hydrogen (secondary N) is 1. The number of aliphatic hydroxyl groups excluding tert-OH is 1. The highest BCUT2D eigenvalue weighted by atomic mass is 16.3. The van der Waals surface area contributed by atoms with Crippen molar-refractivity contribution in [3.05, 3.63) is 71.9 Å². The molecule has 0 fully saturated rings. The fourth-order valence-corrected chi connectivity index (χ4v) is 2.59. The Balaban J connectivity index is 1.79. The summed E-state index contributed by atoms with van der Waals surface area (Å²) >= 11 is 0. The van der Waals surface area contributed by atoms with Gasteiger partial charge in [0, 0.05) is 31.3 Å². The fraction of sp³-hybridized carbons (Fsp3) is 0.222. The second-order valence-electron chi connectivity index (χ2n) is 5.22. The van der Waals surface area contributed by atoms with Crippen LogP contribution >= 0.6 is 0 Å². The Morgan fingerprint density at radius 1 is 0.952 bits per heavy atom. The Morgan fingerprint density at radius 2 is 1.81 bits per heavy atom. The van der Waals surface area contributed by atoms with E-state index in [0.717, 1.165) is 13.1 Å². The minimum Gasteiger partial charge on any atom is -0.395 e. The normalized spacial score (nSPS) is 11.1. The number of aliphatic hydroxyl groups is 1. The molecular weight excluding hydrogens is 260 g/mol. The molecule has 3 nitrogen and oxygen atoms in total.